The van der Waals surface area contributed by atoms with E-state index < -0.39 is 0 Å². The molecule has 0 spiro atoms. The number of aromatic nitrogens is 4. The second kappa shape index (κ2) is 3.84. The zero-order valence-corrected chi connectivity index (χ0v) is 11.7. The van der Waals surface area contributed by atoms with E-state index in [2.05, 4.69) is 9.97 Å². The Hall–Kier alpha value is -1.85. The zero-order chi connectivity index (χ0) is 14.0. The van der Waals surface area contributed by atoms with Crippen molar-refractivity contribution < 1.29 is 0 Å². The molecule has 0 aliphatic heterocycles. The number of hydrogen-bond donors (Lipinski definition) is 1. The SMILES string of the molecule is Cn1c(=O)c2[nH]c(C3C[C@@H]4CC[C@H]3C4)nc2n(C)c1=O. The predicted octanol–water partition coefficient (Wildman–Crippen LogP) is 0.864. The molecule has 2 saturated carbocycles. The van der Waals surface area contributed by atoms with Gasteiger partial charge in [0.05, 0.1) is 0 Å². The monoisotopic (exact) mass is 274 g/mol. The molecule has 2 bridgehead atoms. The molecule has 2 aliphatic carbocycles. The van der Waals surface area contributed by atoms with Gasteiger partial charge in [0.25, 0.3) is 5.56 Å². The van der Waals surface area contributed by atoms with Gasteiger partial charge in [-0.25, -0.2) is 9.78 Å². The molecule has 20 heavy (non-hydrogen) atoms. The molecular formula is C14H18N4O2. The molecule has 2 aromatic heterocycles. The predicted molar refractivity (Wildman–Crippen MR) is 74.8 cm³/mol. The van der Waals surface area contributed by atoms with Crippen molar-refractivity contribution in [3.63, 3.8) is 0 Å². The lowest BCUT2D eigenvalue weighted by Gasteiger charge is -2.18. The van der Waals surface area contributed by atoms with Crippen LogP contribution in [0.1, 0.15) is 37.4 Å². The minimum absolute atomic E-state index is 0.287. The molecule has 2 fully saturated rings. The molecule has 1 N–H and O–H groups in total. The van der Waals surface area contributed by atoms with Gasteiger partial charge in [-0.2, -0.15) is 0 Å². The third-order valence-corrected chi connectivity index (χ3v) is 5.20. The van der Waals surface area contributed by atoms with Gasteiger partial charge in [0.2, 0.25) is 0 Å². The fraction of sp³-hybridized carbons (Fsp3) is 0.643. The van der Waals surface area contributed by atoms with Crippen LogP contribution in [0.25, 0.3) is 11.2 Å². The van der Waals surface area contributed by atoms with Crippen LogP contribution in [0.5, 0.6) is 0 Å². The standard InChI is InChI=1S/C14H18N4O2/c1-17-12-10(13(19)18(2)14(17)20)15-11(16-12)9-6-7-3-4-8(9)5-7/h7-9H,3-6H2,1-2H3,(H,15,16)/t7-,8+,9?/m1/s1. The normalized spacial score (nSPS) is 28.6. The highest BCUT2D eigenvalue weighted by molar-refractivity contribution is 5.69. The number of nitrogens with zero attached hydrogens (tertiary/aromatic N) is 3. The van der Waals surface area contributed by atoms with Gasteiger partial charge < -0.3 is 4.98 Å². The van der Waals surface area contributed by atoms with Crippen LogP contribution in [0.3, 0.4) is 0 Å². The fourth-order valence-corrected chi connectivity index (χ4v) is 4.10. The maximum atomic E-state index is 12.2. The molecule has 0 amide bonds. The summed E-state index contributed by atoms with van der Waals surface area (Å²) < 4.78 is 2.58. The Bertz CT molecular complexity index is 813. The largest absolute Gasteiger partial charge is 0.336 e. The van der Waals surface area contributed by atoms with Crippen molar-refractivity contribution >= 4 is 11.2 Å². The molecule has 2 aromatic rings. The number of hydrogen-bond acceptors (Lipinski definition) is 3. The Morgan fingerprint density at radius 3 is 2.60 bits per heavy atom. The molecule has 1 unspecified atom stereocenters. The molecule has 3 atom stereocenters. The number of H-pyrrole nitrogens is 1. The summed E-state index contributed by atoms with van der Waals surface area (Å²) in [6, 6.07) is 0. The van der Waals surface area contributed by atoms with Crippen molar-refractivity contribution in [1.82, 2.24) is 19.1 Å². The van der Waals surface area contributed by atoms with Gasteiger partial charge in [-0.15, -0.1) is 0 Å². The Labute approximate surface area is 115 Å². The molecule has 6 nitrogen and oxygen atoms in total. The highest BCUT2D eigenvalue weighted by Crippen LogP contribution is 2.52. The summed E-state index contributed by atoms with van der Waals surface area (Å²) in [5.41, 5.74) is 0.321. The van der Waals surface area contributed by atoms with E-state index in [0.29, 0.717) is 23.0 Å². The van der Waals surface area contributed by atoms with Crippen LogP contribution in [0, 0.1) is 11.8 Å². The molecule has 106 valence electrons. The molecular weight excluding hydrogens is 256 g/mol. The van der Waals surface area contributed by atoms with Crippen molar-refractivity contribution in [2.45, 2.75) is 31.6 Å². The van der Waals surface area contributed by atoms with Crippen LogP contribution in [0.4, 0.5) is 0 Å². The lowest BCUT2D eigenvalue weighted by atomic mass is 9.88. The van der Waals surface area contributed by atoms with Gasteiger partial charge in [-0.1, -0.05) is 6.42 Å². The minimum atomic E-state index is -0.325. The molecule has 2 heterocycles. The first-order chi connectivity index (χ1) is 9.56. The van der Waals surface area contributed by atoms with Gasteiger partial charge >= 0.3 is 5.69 Å². The first-order valence-corrected chi connectivity index (χ1v) is 7.22. The Morgan fingerprint density at radius 2 is 1.95 bits per heavy atom. The highest BCUT2D eigenvalue weighted by Gasteiger charge is 2.41. The fourth-order valence-electron chi connectivity index (χ4n) is 4.10. The number of rotatable bonds is 1. The minimum Gasteiger partial charge on any atom is -0.336 e. The summed E-state index contributed by atoms with van der Waals surface area (Å²) in [7, 11) is 3.16. The first kappa shape index (κ1) is 11.9. The van der Waals surface area contributed by atoms with E-state index in [4.69, 9.17) is 0 Å². The van der Waals surface area contributed by atoms with Crippen molar-refractivity contribution in [3.8, 4) is 0 Å². The Balaban J connectivity index is 1.92. The summed E-state index contributed by atoms with van der Waals surface area (Å²) in [5, 5.41) is 0. The quantitative estimate of drug-likeness (QED) is 0.838. The molecule has 4 rings (SSSR count). The average Bonchev–Trinajstić information content (AvgIpc) is 3.15. The van der Waals surface area contributed by atoms with Gasteiger partial charge in [-0.3, -0.25) is 13.9 Å². The number of aryl methyl sites for hydroxylation is 1. The van der Waals surface area contributed by atoms with E-state index in [1.54, 1.807) is 7.05 Å². The van der Waals surface area contributed by atoms with Crippen molar-refractivity contribution in [1.29, 1.82) is 0 Å². The lowest BCUT2D eigenvalue weighted by molar-refractivity contribution is 0.408. The second-order valence-electron chi connectivity index (χ2n) is 6.31. The van der Waals surface area contributed by atoms with Crippen LogP contribution in [0.2, 0.25) is 0 Å². The third-order valence-electron chi connectivity index (χ3n) is 5.20. The van der Waals surface area contributed by atoms with Gasteiger partial charge in [0, 0.05) is 20.0 Å². The third kappa shape index (κ3) is 1.42. The van der Waals surface area contributed by atoms with Crippen molar-refractivity contribution in [3.05, 3.63) is 26.7 Å². The maximum absolute atomic E-state index is 12.2. The average molecular weight is 274 g/mol. The van der Waals surface area contributed by atoms with E-state index in [-0.39, 0.29) is 11.2 Å². The van der Waals surface area contributed by atoms with Gasteiger partial charge in [0.1, 0.15) is 11.3 Å². The highest BCUT2D eigenvalue weighted by atomic mass is 16.2. The molecule has 0 radical (unpaired) electrons. The smallest absolute Gasteiger partial charge is 0.332 e. The number of aromatic amines is 1. The molecule has 6 heteroatoms. The summed E-state index contributed by atoms with van der Waals surface area (Å²) in [6.07, 6.45) is 5.06. The molecule has 0 saturated heterocycles. The number of imidazole rings is 1. The van der Waals surface area contributed by atoms with Crippen LogP contribution < -0.4 is 11.2 Å². The molecule has 0 aromatic carbocycles. The van der Waals surface area contributed by atoms with E-state index in [1.807, 2.05) is 0 Å². The van der Waals surface area contributed by atoms with Crippen LogP contribution in [0.15, 0.2) is 9.59 Å². The summed E-state index contributed by atoms with van der Waals surface area (Å²) >= 11 is 0. The maximum Gasteiger partial charge on any atom is 0.332 e. The van der Waals surface area contributed by atoms with E-state index in [9.17, 15) is 9.59 Å². The topological polar surface area (TPSA) is 72.7 Å². The first-order valence-electron chi connectivity index (χ1n) is 7.22. The van der Waals surface area contributed by atoms with E-state index in [1.165, 1.54) is 37.3 Å². The van der Waals surface area contributed by atoms with E-state index in [0.717, 1.165) is 16.3 Å². The summed E-state index contributed by atoms with van der Waals surface area (Å²) in [4.78, 5) is 31.9. The zero-order valence-electron chi connectivity index (χ0n) is 11.7. The molecule has 2 aliphatic rings. The number of fused-ring (bicyclic) bond motifs is 3. The Kier molecular flexibility index (Phi) is 2.29. The van der Waals surface area contributed by atoms with Gasteiger partial charge in [-0.05, 0) is 31.1 Å². The van der Waals surface area contributed by atoms with Crippen molar-refractivity contribution in [2.24, 2.45) is 25.9 Å². The summed E-state index contributed by atoms with van der Waals surface area (Å²) in [5.74, 6) is 2.85. The Morgan fingerprint density at radius 1 is 1.15 bits per heavy atom. The summed E-state index contributed by atoms with van der Waals surface area (Å²) in [6.45, 7) is 0. The van der Waals surface area contributed by atoms with Gasteiger partial charge in [0.15, 0.2) is 5.65 Å². The lowest BCUT2D eigenvalue weighted by Crippen LogP contribution is -2.36. The van der Waals surface area contributed by atoms with Crippen LogP contribution in [-0.4, -0.2) is 19.1 Å². The van der Waals surface area contributed by atoms with Crippen molar-refractivity contribution in [2.75, 3.05) is 0 Å². The van der Waals surface area contributed by atoms with Crippen LogP contribution in [-0.2, 0) is 14.1 Å². The van der Waals surface area contributed by atoms with Crippen LogP contribution >= 0.6 is 0 Å². The number of nitrogens with one attached hydrogen (secondary N) is 1. The second-order valence-corrected chi connectivity index (χ2v) is 6.31. The van der Waals surface area contributed by atoms with E-state index >= 15 is 0 Å².